The molecule has 4 fully saturated rings. The third-order valence-corrected chi connectivity index (χ3v) is 10.2. The zero-order valence-corrected chi connectivity index (χ0v) is 23.2. The van der Waals surface area contributed by atoms with Crippen LogP contribution in [0.25, 0.3) is 10.8 Å². The van der Waals surface area contributed by atoms with Gasteiger partial charge in [0.2, 0.25) is 0 Å². The lowest BCUT2D eigenvalue weighted by Crippen LogP contribution is -2.52. The summed E-state index contributed by atoms with van der Waals surface area (Å²) >= 11 is 6.70. The predicted octanol–water partition coefficient (Wildman–Crippen LogP) is 4.19. The van der Waals surface area contributed by atoms with Gasteiger partial charge in [0.15, 0.2) is 0 Å². The molecule has 0 amide bonds. The molecule has 0 spiro atoms. The van der Waals surface area contributed by atoms with Crippen molar-refractivity contribution >= 4 is 33.9 Å². The van der Waals surface area contributed by atoms with Crippen LogP contribution in [0.4, 0.5) is 11.5 Å². The average molecular weight is 546 g/mol. The van der Waals surface area contributed by atoms with E-state index in [9.17, 15) is 0 Å². The number of fused-ring (bicyclic) bond motifs is 5. The van der Waals surface area contributed by atoms with Crippen LogP contribution in [0.2, 0.25) is 5.02 Å². The summed E-state index contributed by atoms with van der Waals surface area (Å²) in [6.07, 6.45) is 12.2. The molecule has 8 nitrogen and oxygen atoms in total. The number of aromatic nitrogens is 3. The van der Waals surface area contributed by atoms with E-state index in [1.54, 1.807) is 0 Å². The first kappa shape index (κ1) is 24.1. The molecule has 7 heterocycles. The van der Waals surface area contributed by atoms with Crippen molar-refractivity contribution in [3.8, 4) is 6.01 Å². The van der Waals surface area contributed by atoms with Crippen molar-refractivity contribution in [2.45, 2.75) is 69.1 Å². The second-order valence-electron chi connectivity index (χ2n) is 12.2. The summed E-state index contributed by atoms with van der Waals surface area (Å²) in [5.74, 6) is 1.09. The van der Waals surface area contributed by atoms with Crippen molar-refractivity contribution in [3.05, 3.63) is 46.9 Å². The maximum absolute atomic E-state index is 6.70. The van der Waals surface area contributed by atoms with Crippen LogP contribution in [0.5, 0.6) is 6.01 Å². The van der Waals surface area contributed by atoms with Gasteiger partial charge in [-0.15, -0.1) is 0 Å². The Morgan fingerprint density at radius 2 is 1.82 bits per heavy atom. The van der Waals surface area contributed by atoms with E-state index < -0.39 is 0 Å². The van der Waals surface area contributed by atoms with Gasteiger partial charge in [-0.05, 0) is 64.1 Å². The van der Waals surface area contributed by atoms with Crippen LogP contribution in [0.1, 0.15) is 49.8 Å². The summed E-state index contributed by atoms with van der Waals surface area (Å²) < 4.78 is 6.53. The maximum atomic E-state index is 6.70. The van der Waals surface area contributed by atoms with Crippen LogP contribution in [-0.2, 0) is 13.0 Å². The van der Waals surface area contributed by atoms with Gasteiger partial charge < -0.3 is 19.9 Å². The van der Waals surface area contributed by atoms with Gasteiger partial charge in [-0.2, -0.15) is 9.97 Å². The van der Waals surface area contributed by atoms with Crippen LogP contribution in [0, 0.1) is 0 Å². The van der Waals surface area contributed by atoms with Gasteiger partial charge in [-0.1, -0.05) is 23.7 Å². The number of hydrogen-bond acceptors (Lipinski definition) is 8. The second-order valence-corrected chi connectivity index (χ2v) is 12.6. The van der Waals surface area contributed by atoms with Gasteiger partial charge in [0.25, 0.3) is 0 Å². The molecule has 1 N–H and O–H groups in total. The standard InChI is InChI=1S/C30H36ClN7O/c31-24-5-1-4-20-14-32-15-26(27(20)24)36-13-8-23-25(18-36)34-29(39-19-30-9-2-11-38(30)12-3-10-30)35-28(23)37-16-21-6-7-22(17-37)33-21/h1,4-5,14-15,21-22,33H,2-3,6-13,16-19H2. The topological polar surface area (TPSA) is 69.7 Å². The number of pyridine rings is 1. The van der Waals surface area contributed by atoms with Crippen molar-refractivity contribution in [2.24, 2.45) is 0 Å². The van der Waals surface area contributed by atoms with Gasteiger partial charge in [0.1, 0.15) is 12.4 Å². The monoisotopic (exact) mass is 545 g/mol. The molecule has 1 aromatic carbocycles. The van der Waals surface area contributed by atoms with E-state index in [0.29, 0.717) is 31.2 Å². The highest BCUT2D eigenvalue weighted by Gasteiger charge is 2.45. The Kier molecular flexibility index (Phi) is 5.86. The first-order valence-electron chi connectivity index (χ1n) is 14.7. The number of benzene rings is 1. The normalized spacial score (nSPS) is 25.8. The lowest BCUT2D eigenvalue weighted by atomic mass is 9.95. The zero-order valence-electron chi connectivity index (χ0n) is 22.4. The highest BCUT2D eigenvalue weighted by Crippen LogP contribution is 2.40. The quantitative estimate of drug-likeness (QED) is 0.512. The Morgan fingerprint density at radius 1 is 1.00 bits per heavy atom. The molecular weight excluding hydrogens is 510 g/mol. The Hall–Kier alpha value is -2.68. The molecule has 5 aliphatic rings. The third-order valence-electron chi connectivity index (χ3n) is 9.87. The van der Waals surface area contributed by atoms with E-state index >= 15 is 0 Å². The van der Waals surface area contributed by atoms with E-state index in [-0.39, 0.29) is 5.54 Å². The maximum Gasteiger partial charge on any atom is 0.318 e. The van der Waals surface area contributed by atoms with Crippen LogP contribution < -0.4 is 19.9 Å². The van der Waals surface area contributed by atoms with Crippen molar-refractivity contribution in [1.82, 2.24) is 25.2 Å². The number of piperazine rings is 1. The smallest absolute Gasteiger partial charge is 0.318 e. The second kappa shape index (κ2) is 9.46. The number of nitrogens with zero attached hydrogens (tertiary/aromatic N) is 6. The first-order chi connectivity index (χ1) is 19.1. The fourth-order valence-corrected chi connectivity index (χ4v) is 8.24. The number of halogens is 1. The summed E-state index contributed by atoms with van der Waals surface area (Å²) in [5, 5.41) is 6.65. The van der Waals surface area contributed by atoms with Crippen molar-refractivity contribution in [2.75, 3.05) is 49.1 Å². The highest BCUT2D eigenvalue weighted by atomic mass is 35.5. The number of rotatable bonds is 5. The number of ether oxygens (including phenoxy) is 1. The lowest BCUT2D eigenvalue weighted by molar-refractivity contribution is 0.107. The minimum Gasteiger partial charge on any atom is -0.461 e. The zero-order chi connectivity index (χ0) is 26.0. The molecule has 5 aliphatic heterocycles. The summed E-state index contributed by atoms with van der Waals surface area (Å²) in [6.45, 7) is 6.66. The van der Waals surface area contributed by atoms with Crippen molar-refractivity contribution < 1.29 is 4.74 Å². The molecule has 39 heavy (non-hydrogen) atoms. The van der Waals surface area contributed by atoms with Crippen LogP contribution >= 0.6 is 11.6 Å². The SMILES string of the molecule is Clc1cccc2cncc(N3CCc4c(nc(OCC56CCCN5CCC6)nc4N4CC5CCC(C4)N5)C3)c12. The highest BCUT2D eigenvalue weighted by molar-refractivity contribution is 6.36. The van der Waals surface area contributed by atoms with Gasteiger partial charge in [-0.3, -0.25) is 9.88 Å². The molecule has 204 valence electrons. The average Bonchev–Trinajstić information content (AvgIpc) is 3.64. The Morgan fingerprint density at radius 3 is 2.64 bits per heavy atom. The van der Waals surface area contributed by atoms with Gasteiger partial charge in [0, 0.05) is 54.3 Å². The Bertz CT molecular complexity index is 1390. The predicted molar refractivity (Wildman–Crippen MR) is 154 cm³/mol. The molecule has 2 atom stereocenters. The summed E-state index contributed by atoms with van der Waals surface area (Å²) in [6, 6.07) is 7.67. The molecule has 0 aliphatic carbocycles. The molecule has 8 rings (SSSR count). The van der Waals surface area contributed by atoms with Gasteiger partial charge >= 0.3 is 6.01 Å². The van der Waals surface area contributed by atoms with Crippen molar-refractivity contribution in [3.63, 3.8) is 0 Å². The molecule has 3 aromatic rings. The van der Waals surface area contributed by atoms with E-state index in [2.05, 4.69) is 31.1 Å². The molecule has 2 aromatic heterocycles. The molecule has 0 radical (unpaired) electrons. The Labute approximate surface area is 234 Å². The van der Waals surface area contributed by atoms with E-state index in [0.717, 1.165) is 59.0 Å². The number of nitrogens with one attached hydrogen (secondary N) is 1. The van der Waals surface area contributed by atoms with Gasteiger partial charge in [-0.25, -0.2) is 0 Å². The molecule has 4 saturated heterocycles. The van der Waals surface area contributed by atoms with Crippen LogP contribution in [0.3, 0.4) is 0 Å². The fraction of sp³-hybridized carbons (Fsp3) is 0.567. The number of hydrogen-bond donors (Lipinski definition) is 1. The number of anilines is 2. The summed E-state index contributed by atoms with van der Waals surface area (Å²) in [5.41, 5.74) is 3.59. The lowest BCUT2D eigenvalue weighted by Gasteiger charge is -2.38. The largest absolute Gasteiger partial charge is 0.461 e. The van der Waals surface area contributed by atoms with Crippen molar-refractivity contribution in [1.29, 1.82) is 0 Å². The van der Waals surface area contributed by atoms with E-state index in [1.807, 2.05) is 24.5 Å². The van der Waals surface area contributed by atoms with Gasteiger partial charge in [0.05, 0.1) is 34.7 Å². The molecular formula is C30H36ClN7O. The molecule has 2 bridgehead atoms. The molecule has 9 heteroatoms. The summed E-state index contributed by atoms with van der Waals surface area (Å²) in [4.78, 5) is 22.3. The molecule has 2 unspecified atom stereocenters. The minimum absolute atomic E-state index is 0.172. The third kappa shape index (κ3) is 4.14. The minimum atomic E-state index is 0.172. The summed E-state index contributed by atoms with van der Waals surface area (Å²) in [7, 11) is 0. The first-order valence-corrected chi connectivity index (χ1v) is 15.1. The van der Waals surface area contributed by atoms with E-state index in [4.69, 9.17) is 26.3 Å². The molecule has 0 saturated carbocycles. The van der Waals surface area contributed by atoms with E-state index in [1.165, 1.54) is 57.2 Å². The van der Waals surface area contributed by atoms with Crippen LogP contribution in [-0.4, -0.2) is 76.8 Å². The Balaban J connectivity index is 1.15. The van der Waals surface area contributed by atoms with Crippen LogP contribution in [0.15, 0.2) is 30.6 Å². The fourth-order valence-electron chi connectivity index (χ4n) is 7.96.